The molecule has 0 aromatic heterocycles. The Bertz CT molecular complexity index is 75.1. The van der Waals surface area contributed by atoms with E-state index >= 15 is 0 Å². The van der Waals surface area contributed by atoms with Crippen molar-refractivity contribution in [3.63, 3.8) is 0 Å². The third-order valence-corrected chi connectivity index (χ3v) is 0.930. The Kier molecular flexibility index (Phi) is 9.81. The van der Waals surface area contributed by atoms with Gasteiger partial charge in [0.2, 0.25) is 0 Å². The van der Waals surface area contributed by atoms with Crippen LogP contribution in [0.5, 0.6) is 0 Å². The molecule has 0 aromatic rings. The SMILES string of the molecule is C=CCN(Cl)CC=C.O. The maximum absolute atomic E-state index is 5.57. The van der Waals surface area contributed by atoms with Crippen LogP contribution < -0.4 is 0 Å². The molecule has 0 radical (unpaired) electrons. The first kappa shape index (κ1) is 11.5. The molecule has 0 bridgehead atoms. The minimum absolute atomic E-state index is 0. The monoisotopic (exact) mass is 149 g/mol. The summed E-state index contributed by atoms with van der Waals surface area (Å²) in [5.74, 6) is 0. The summed E-state index contributed by atoms with van der Waals surface area (Å²) in [5.41, 5.74) is 0. The highest BCUT2D eigenvalue weighted by Gasteiger charge is 1.89. The summed E-state index contributed by atoms with van der Waals surface area (Å²) in [5, 5.41) is 0. The van der Waals surface area contributed by atoms with Gasteiger partial charge in [-0.25, -0.2) is 4.42 Å². The van der Waals surface area contributed by atoms with E-state index in [0.29, 0.717) is 13.1 Å². The smallest absolute Gasteiger partial charge is 0.0320 e. The van der Waals surface area contributed by atoms with E-state index in [1.165, 1.54) is 0 Å². The van der Waals surface area contributed by atoms with Crippen LogP contribution in [-0.2, 0) is 0 Å². The first-order chi connectivity index (χ1) is 3.81. The van der Waals surface area contributed by atoms with E-state index in [0.717, 1.165) is 0 Å². The highest BCUT2D eigenvalue weighted by Crippen LogP contribution is 1.91. The fraction of sp³-hybridized carbons (Fsp3) is 0.333. The molecule has 0 spiro atoms. The lowest BCUT2D eigenvalue weighted by Gasteiger charge is -2.04. The van der Waals surface area contributed by atoms with Gasteiger partial charge < -0.3 is 5.48 Å². The van der Waals surface area contributed by atoms with Gasteiger partial charge in [0.25, 0.3) is 0 Å². The van der Waals surface area contributed by atoms with Crippen molar-refractivity contribution in [1.29, 1.82) is 0 Å². The Morgan fingerprint density at radius 1 is 1.22 bits per heavy atom. The summed E-state index contributed by atoms with van der Waals surface area (Å²) in [6, 6.07) is 0. The van der Waals surface area contributed by atoms with Crippen molar-refractivity contribution in [2.75, 3.05) is 13.1 Å². The molecule has 0 aliphatic rings. The highest BCUT2D eigenvalue weighted by molar-refractivity contribution is 6.13. The molecule has 0 unspecified atom stereocenters. The van der Waals surface area contributed by atoms with Gasteiger partial charge in [-0.1, -0.05) is 12.2 Å². The molecule has 0 rings (SSSR count). The lowest BCUT2D eigenvalue weighted by atomic mass is 10.5. The van der Waals surface area contributed by atoms with Crippen LogP contribution in [0.15, 0.2) is 25.3 Å². The molecule has 0 amide bonds. The van der Waals surface area contributed by atoms with Gasteiger partial charge >= 0.3 is 0 Å². The lowest BCUT2D eigenvalue weighted by Crippen LogP contribution is -2.10. The van der Waals surface area contributed by atoms with Crippen molar-refractivity contribution >= 4 is 11.8 Å². The van der Waals surface area contributed by atoms with Crippen LogP contribution >= 0.6 is 11.8 Å². The summed E-state index contributed by atoms with van der Waals surface area (Å²) in [6.07, 6.45) is 3.49. The Hall–Kier alpha value is -0.310. The molecule has 2 N–H and O–H groups in total. The average Bonchev–Trinajstić information content (AvgIpc) is 1.68. The largest absolute Gasteiger partial charge is 0.412 e. The quantitative estimate of drug-likeness (QED) is 0.434. The Morgan fingerprint density at radius 3 is 1.78 bits per heavy atom. The van der Waals surface area contributed by atoms with Gasteiger partial charge in [-0.05, 0) is 11.8 Å². The second kappa shape index (κ2) is 7.69. The molecule has 2 nitrogen and oxygen atoms in total. The zero-order valence-electron chi connectivity index (χ0n) is 5.31. The Morgan fingerprint density at radius 2 is 1.56 bits per heavy atom. The van der Waals surface area contributed by atoms with Crippen LogP contribution in [0.4, 0.5) is 0 Å². The number of halogens is 1. The van der Waals surface area contributed by atoms with Gasteiger partial charge in [-0.2, -0.15) is 0 Å². The van der Waals surface area contributed by atoms with Crippen LogP contribution in [0.1, 0.15) is 0 Å². The topological polar surface area (TPSA) is 34.7 Å². The summed E-state index contributed by atoms with van der Waals surface area (Å²) in [4.78, 5) is 0. The van der Waals surface area contributed by atoms with E-state index < -0.39 is 0 Å². The second-order valence-corrected chi connectivity index (χ2v) is 1.88. The van der Waals surface area contributed by atoms with Crippen LogP contribution in [0, 0.1) is 0 Å². The van der Waals surface area contributed by atoms with Crippen molar-refractivity contribution < 1.29 is 5.48 Å². The van der Waals surface area contributed by atoms with Gasteiger partial charge in [0.15, 0.2) is 0 Å². The minimum atomic E-state index is 0. The highest BCUT2D eigenvalue weighted by atomic mass is 35.5. The van der Waals surface area contributed by atoms with Crippen LogP contribution in [0.3, 0.4) is 0 Å². The molecular formula is C6H12ClNO. The Balaban J connectivity index is 0. The molecule has 0 aliphatic carbocycles. The zero-order valence-corrected chi connectivity index (χ0v) is 6.06. The fourth-order valence-electron chi connectivity index (χ4n) is 0.355. The molecule has 0 fully saturated rings. The van der Waals surface area contributed by atoms with Gasteiger partial charge in [-0.3, -0.25) is 0 Å². The van der Waals surface area contributed by atoms with Gasteiger partial charge in [0.05, 0.1) is 0 Å². The van der Waals surface area contributed by atoms with Crippen LogP contribution in [0.2, 0.25) is 0 Å². The number of rotatable bonds is 4. The second-order valence-electron chi connectivity index (χ2n) is 1.41. The third kappa shape index (κ3) is 7.69. The normalized spacial score (nSPS) is 8.22. The van der Waals surface area contributed by atoms with Crippen LogP contribution in [0.25, 0.3) is 0 Å². The van der Waals surface area contributed by atoms with Crippen molar-refractivity contribution in [2.45, 2.75) is 0 Å². The van der Waals surface area contributed by atoms with Gasteiger partial charge in [-0.15, -0.1) is 13.2 Å². The predicted molar refractivity (Wildman–Crippen MR) is 41.4 cm³/mol. The third-order valence-electron chi connectivity index (χ3n) is 0.654. The van der Waals surface area contributed by atoms with E-state index in [9.17, 15) is 0 Å². The number of hydrogen-bond donors (Lipinski definition) is 0. The molecular weight excluding hydrogens is 138 g/mol. The first-order valence-electron chi connectivity index (χ1n) is 2.43. The minimum Gasteiger partial charge on any atom is -0.412 e. The summed E-state index contributed by atoms with van der Waals surface area (Å²) in [6.45, 7) is 8.45. The zero-order chi connectivity index (χ0) is 6.41. The van der Waals surface area contributed by atoms with Crippen molar-refractivity contribution in [3.8, 4) is 0 Å². The molecule has 0 aromatic carbocycles. The molecule has 0 atom stereocenters. The average molecular weight is 150 g/mol. The summed E-state index contributed by atoms with van der Waals surface area (Å²) >= 11 is 5.57. The van der Waals surface area contributed by atoms with Crippen molar-refractivity contribution in [3.05, 3.63) is 25.3 Å². The fourth-order valence-corrected chi connectivity index (χ4v) is 0.550. The first-order valence-corrected chi connectivity index (χ1v) is 2.77. The maximum atomic E-state index is 5.57. The molecule has 3 heteroatoms. The van der Waals surface area contributed by atoms with E-state index in [4.69, 9.17) is 11.8 Å². The van der Waals surface area contributed by atoms with E-state index in [1.807, 2.05) is 0 Å². The molecule has 0 heterocycles. The summed E-state index contributed by atoms with van der Waals surface area (Å²) < 4.78 is 1.60. The van der Waals surface area contributed by atoms with E-state index in [-0.39, 0.29) is 5.48 Å². The molecule has 0 aliphatic heterocycles. The number of nitrogens with zero attached hydrogens (tertiary/aromatic N) is 1. The van der Waals surface area contributed by atoms with Crippen molar-refractivity contribution in [1.82, 2.24) is 4.42 Å². The lowest BCUT2D eigenvalue weighted by molar-refractivity contribution is 0.560. The maximum Gasteiger partial charge on any atom is 0.0320 e. The van der Waals surface area contributed by atoms with Gasteiger partial charge in [0, 0.05) is 13.1 Å². The Labute approximate surface area is 60.8 Å². The van der Waals surface area contributed by atoms with Crippen molar-refractivity contribution in [2.24, 2.45) is 0 Å². The van der Waals surface area contributed by atoms with Gasteiger partial charge in [0.1, 0.15) is 0 Å². The molecule has 0 saturated heterocycles. The molecule has 0 saturated carbocycles. The number of hydrogen-bond acceptors (Lipinski definition) is 1. The van der Waals surface area contributed by atoms with E-state index in [2.05, 4.69) is 13.2 Å². The van der Waals surface area contributed by atoms with E-state index in [1.54, 1.807) is 16.6 Å². The predicted octanol–water partition coefficient (Wildman–Crippen LogP) is 0.990. The van der Waals surface area contributed by atoms with Crippen LogP contribution in [-0.4, -0.2) is 23.0 Å². The molecule has 54 valence electrons. The summed E-state index contributed by atoms with van der Waals surface area (Å²) in [7, 11) is 0. The standard InChI is InChI=1S/C6H10ClN.H2O/c1-3-5-8(7)6-4-2;/h3-4H,1-2,5-6H2;1H2. The molecule has 9 heavy (non-hydrogen) atoms.